The van der Waals surface area contributed by atoms with Gasteiger partial charge in [-0.05, 0) is 26.4 Å². The molecule has 0 radical (unpaired) electrons. The zero-order valence-electron chi connectivity index (χ0n) is 11.4. The van der Waals surface area contributed by atoms with E-state index in [1.807, 2.05) is 0 Å². The molecule has 3 atom stereocenters. The van der Waals surface area contributed by atoms with E-state index < -0.39 is 0 Å². The Morgan fingerprint density at radius 1 is 1.31 bits per heavy atom. The molecule has 0 aromatic carbocycles. The highest BCUT2D eigenvalue weighted by Gasteiger charge is 2.28. The molecule has 0 spiro atoms. The lowest BCUT2D eigenvalue weighted by molar-refractivity contribution is 0.0912. The summed E-state index contributed by atoms with van der Waals surface area (Å²) in [7, 11) is 4.41. The largest absolute Gasteiger partial charge is 0.326 e. The second-order valence-corrected chi connectivity index (χ2v) is 5.60. The molecule has 16 heavy (non-hydrogen) atoms. The molecule has 1 rings (SSSR count). The van der Waals surface area contributed by atoms with E-state index in [2.05, 4.69) is 37.7 Å². The van der Waals surface area contributed by atoms with Crippen LogP contribution < -0.4 is 5.73 Å². The Balaban J connectivity index is 2.41. The van der Waals surface area contributed by atoms with Crippen LogP contribution in [0.2, 0.25) is 0 Å². The van der Waals surface area contributed by atoms with E-state index in [4.69, 9.17) is 5.73 Å². The summed E-state index contributed by atoms with van der Waals surface area (Å²) >= 11 is 0. The van der Waals surface area contributed by atoms with Crippen LogP contribution in [0.1, 0.15) is 33.1 Å². The maximum absolute atomic E-state index is 6.36. The van der Waals surface area contributed by atoms with Gasteiger partial charge in [-0.2, -0.15) is 0 Å². The zero-order chi connectivity index (χ0) is 12.1. The van der Waals surface area contributed by atoms with Gasteiger partial charge in [0.05, 0.1) is 0 Å². The Bertz CT molecular complexity index is 196. The van der Waals surface area contributed by atoms with Gasteiger partial charge in [-0.1, -0.05) is 26.7 Å². The van der Waals surface area contributed by atoms with E-state index in [1.54, 1.807) is 0 Å². The number of piperazine rings is 1. The van der Waals surface area contributed by atoms with Crippen molar-refractivity contribution in [2.24, 2.45) is 11.7 Å². The first-order valence-electron chi connectivity index (χ1n) is 6.69. The lowest BCUT2D eigenvalue weighted by Crippen LogP contribution is -2.57. The number of likely N-dealkylation sites (N-methyl/N-ethyl adjacent to an activating group) is 2. The molecule has 0 aromatic rings. The Labute approximate surface area is 101 Å². The first-order chi connectivity index (χ1) is 7.54. The van der Waals surface area contributed by atoms with Crippen LogP contribution in [-0.4, -0.2) is 55.6 Å². The summed E-state index contributed by atoms with van der Waals surface area (Å²) in [6.45, 7) is 8.02. The van der Waals surface area contributed by atoms with Gasteiger partial charge in [0, 0.05) is 31.7 Å². The van der Waals surface area contributed by atoms with Gasteiger partial charge in [0.1, 0.15) is 0 Å². The van der Waals surface area contributed by atoms with Crippen molar-refractivity contribution >= 4 is 0 Å². The molecule has 2 N–H and O–H groups in total. The van der Waals surface area contributed by atoms with Gasteiger partial charge >= 0.3 is 0 Å². The van der Waals surface area contributed by atoms with E-state index in [0.717, 1.165) is 25.4 Å². The van der Waals surface area contributed by atoms with Crippen molar-refractivity contribution in [1.82, 2.24) is 9.80 Å². The number of hydrogen-bond acceptors (Lipinski definition) is 3. The summed E-state index contributed by atoms with van der Waals surface area (Å²) in [6.07, 6.45) is 3.74. The molecule has 1 aliphatic rings. The van der Waals surface area contributed by atoms with Crippen LogP contribution in [0.4, 0.5) is 0 Å². The monoisotopic (exact) mass is 227 g/mol. The van der Waals surface area contributed by atoms with Crippen LogP contribution in [0.5, 0.6) is 0 Å². The van der Waals surface area contributed by atoms with Crippen LogP contribution in [-0.2, 0) is 0 Å². The third-order valence-corrected chi connectivity index (χ3v) is 3.85. The van der Waals surface area contributed by atoms with Crippen molar-refractivity contribution in [3.05, 3.63) is 0 Å². The fraction of sp³-hybridized carbons (Fsp3) is 1.00. The lowest BCUT2D eigenvalue weighted by Gasteiger charge is -2.41. The summed E-state index contributed by atoms with van der Waals surface area (Å²) in [5, 5.41) is 0. The Morgan fingerprint density at radius 3 is 2.62 bits per heavy atom. The maximum atomic E-state index is 6.36. The summed E-state index contributed by atoms with van der Waals surface area (Å²) in [6, 6.07) is 0.868. The van der Waals surface area contributed by atoms with Gasteiger partial charge in [0.2, 0.25) is 0 Å². The molecule has 3 nitrogen and oxygen atoms in total. The summed E-state index contributed by atoms with van der Waals surface area (Å²) in [5.41, 5.74) is 6.36. The first-order valence-corrected chi connectivity index (χ1v) is 6.69. The predicted molar refractivity (Wildman–Crippen MR) is 70.6 cm³/mol. The molecule has 0 saturated carbocycles. The van der Waals surface area contributed by atoms with Crippen LogP contribution in [0.25, 0.3) is 0 Å². The summed E-state index contributed by atoms with van der Waals surface area (Å²) < 4.78 is 0. The van der Waals surface area contributed by atoms with Gasteiger partial charge in [-0.3, -0.25) is 4.90 Å². The topological polar surface area (TPSA) is 32.5 Å². The van der Waals surface area contributed by atoms with Crippen LogP contribution >= 0.6 is 0 Å². The molecule has 3 unspecified atom stereocenters. The summed E-state index contributed by atoms with van der Waals surface area (Å²) in [4.78, 5) is 4.83. The maximum Gasteiger partial charge on any atom is 0.0371 e. The minimum Gasteiger partial charge on any atom is -0.326 e. The van der Waals surface area contributed by atoms with Gasteiger partial charge < -0.3 is 10.6 Å². The van der Waals surface area contributed by atoms with Crippen molar-refractivity contribution in [3.63, 3.8) is 0 Å². The van der Waals surface area contributed by atoms with Crippen molar-refractivity contribution < 1.29 is 0 Å². The highest BCUT2D eigenvalue weighted by atomic mass is 15.3. The average Bonchev–Trinajstić information content (AvgIpc) is 2.21. The molecule has 3 heteroatoms. The molecule has 1 fully saturated rings. The van der Waals surface area contributed by atoms with Gasteiger partial charge in [-0.15, -0.1) is 0 Å². The van der Waals surface area contributed by atoms with E-state index in [-0.39, 0.29) is 0 Å². The summed E-state index contributed by atoms with van der Waals surface area (Å²) in [5.74, 6) is 0.764. The van der Waals surface area contributed by atoms with Crippen LogP contribution in [0.15, 0.2) is 0 Å². The highest BCUT2D eigenvalue weighted by Crippen LogP contribution is 2.17. The standard InChI is InChI=1S/C13H29N3/c1-5-6-11(2)9-12(14)13-10-15(3)7-8-16(13)4/h11-13H,5-10,14H2,1-4H3. The van der Waals surface area contributed by atoms with Gasteiger partial charge in [0.25, 0.3) is 0 Å². The van der Waals surface area contributed by atoms with E-state index >= 15 is 0 Å². The number of nitrogens with zero attached hydrogens (tertiary/aromatic N) is 2. The van der Waals surface area contributed by atoms with Gasteiger partial charge in [-0.25, -0.2) is 0 Å². The van der Waals surface area contributed by atoms with Crippen molar-refractivity contribution in [3.8, 4) is 0 Å². The quantitative estimate of drug-likeness (QED) is 0.770. The van der Waals surface area contributed by atoms with Crippen LogP contribution in [0, 0.1) is 5.92 Å². The second-order valence-electron chi connectivity index (χ2n) is 5.60. The van der Waals surface area contributed by atoms with Crippen molar-refractivity contribution in [2.45, 2.75) is 45.2 Å². The fourth-order valence-electron chi connectivity index (χ4n) is 2.74. The molecule has 0 amide bonds. The molecule has 0 aliphatic carbocycles. The van der Waals surface area contributed by atoms with Crippen LogP contribution in [0.3, 0.4) is 0 Å². The first kappa shape index (κ1) is 13.9. The number of rotatable bonds is 5. The minimum absolute atomic E-state index is 0.328. The van der Waals surface area contributed by atoms with Crippen molar-refractivity contribution in [2.75, 3.05) is 33.7 Å². The SMILES string of the molecule is CCCC(C)CC(N)C1CN(C)CCN1C. The molecule has 0 bridgehead atoms. The Morgan fingerprint density at radius 2 is 2.00 bits per heavy atom. The Hall–Kier alpha value is -0.120. The Kier molecular flexibility index (Phi) is 5.73. The third-order valence-electron chi connectivity index (χ3n) is 3.85. The molecule has 1 heterocycles. The fourth-order valence-corrected chi connectivity index (χ4v) is 2.74. The molecular weight excluding hydrogens is 198 g/mol. The smallest absolute Gasteiger partial charge is 0.0371 e. The predicted octanol–water partition coefficient (Wildman–Crippen LogP) is 1.39. The zero-order valence-corrected chi connectivity index (χ0v) is 11.4. The number of nitrogens with two attached hydrogens (primary N) is 1. The molecular formula is C13H29N3. The normalized spacial score (nSPS) is 27.9. The molecule has 0 aromatic heterocycles. The average molecular weight is 227 g/mol. The van der Waals surface area contributed by atoms with Gasteiger partial charge in [0.15, 0.2) is 0 Å². The molecule has 96 valence electrons. The third kappa shape index (κ3) is 4.04. The minimum atomic E-state index is 0.328. The molecule has 1 aliphatic heterocycles. The van der Waals surface area contributed by atoms with E-state index in [0.29, 0.717) is 12.1 Å². The lowest BCUT2D eigenvalue weighted by atomic mass is 9.92. The highest BCUT2D eigenvalue weighted by molar-refractivity contribution is 4.87. The van der Waals surface area contributed by atoms with E-state index in [9.17, 15) is 0 Å². The number of hydrogen-bond donors (Lipinski definition) is 1. The second kappa shape index (κ2) is 6.58. The molecule has 1 saturated heterocycles. The van der Waals surface area contributed by atoms with Crippen molar-refractivity contribution in [1.29, 1.82) is 0 Å². The van der Waals surface area contributed by atoms with E-state index in [1.165, 1.54) is 19.4 Å².